The Bertz CT molecular complexity index is 614. The quantitative estimate of drug-likeness (QED) is 0.380. The zero-order valence-corrected chi connectivity index (χ0v) is 17.2. The van der Waals surface area contributed by atoms with E-state index in [1.54, 1.807) is 39.5 Å². The zero-order chi connectivity index (χ0) is 18.4. The van der Waals surface area contributed by atoms with E-state index in [-0.39, 0.29) is 30.0 Å². The summed E-state index contributed by atoms with van der Waals surface area (Å²) in [6, 6.07) is 5.23. The van der Waals surface area contributed by atoms with E-state index in [1.807, 2.05) is 0 Å². The van der Waals surface area contributed by atoms with Crippen molar-refractivity contribution in [3.8, 4) is 11.5 Å². The van der Waals surface area contributed by atoms with Gasteiger partial charge in [0.2, 0.25) is 0 Å². The van der Waals surface area contributed by atoms with Crippen molar-refractivity contribution in [1.29, 1.82) is 0 Å². The summed E-state index contributed by atoms with van der Waals surface area (Å²) in [6.45, 7) is -0.149. The summed E-state index contributed by atoms with van der Waals surface area (Å²) in [4.78, 5) is 5.52. The number of anilines is 1. The number of nitrogens with zero attached hydrogens (tertiary/aromatic N) is 2. The lowest BCUT2D eigenvalue weighted by Gasteiger charge is -2.20. The molecule has 6 nitrogen and oxygen atoms in total. The summed E-state index contributed by atoms with van der Waals surface area (Å²) in [6.07, 6.45) is -3.54. The van der Waals surface area contributed by atoms with Crippen LogP contribution in [0.15, 0.2) is 23.2 Å². The molecule has 0 saturated carbocycles. The number of guanidine groups is 1. The van der Waals surface area contributed by atoms with Crippen LogP contribution < -0.4 is 20.1 Å². The van der Waals surface area contributed by atoms with Gasteiger partial charge in [0.05, 0.1) is 20.8 Å². The highest BCUT2D eigenvalue weighted by Crippen LogP contribution is 2.29. The van der Waals surface area contributed by atoms with E-state index >= 15 is 0 Å². The van der Waals surface area contributed by atoms with Crippen molar-refractivity contribution in [3.05, 3.63) is 18.2 Å². The molecule has 2 N–H and O–H groups in total. The van der Waals surface area contributed by atoms with E-state index in [2.05, 4.69) is 15.6 Å². The van der Waals surface area contributed by atoms with Crippen LogP contribution in [0.25, 0.3) is 0 Å². The van der Waals surface area contributed by atoms with Crippen molar-refractivity contribution in [3.63, 3.8) is 0 Å². The van der Waals surface area contributed by atoms with Gasteiger partial charge >= 0.3 is 6.18 Å². The highest BCUT2D eigenvalue weighted by atomic mass is 127. The first-order chi connectivity index (χ1) is 11.8. The first kappa shape index (κ1) is 22.6. The summed E-state index contributed by atoms with van der Waals surface area (Å²) >= 11 is 0. The molecular formula is C16H24F3IN4O2. The Morgan fingerprint density at radius 1 is 1.27 bits per heavy atom. The van der Waals surface area contributed by atoms with Gasteiger partial charge in [0.15, 0.2) is 17.5 Å². The minimum Gasteiger partial charge on any atom is -0.493 e. The van der Waals surface area contributed by atoms with E-state index in [4.69, 9.17) is 9.47 Å². The maximum absolute atomic E-state index is 12.5. The molecule has 0 bridgehead atoms. The molecule has 148 valence electrons. The Morgan fingerprint density at radius 3 is 2.54 bits per heavy atom. The fourth-order valence-corrected chi connectivity index (χ4v) is 2.75. The molecule has 0 aliphatic carbocycles. The normalized spacial score (nSPS) is 18.2. The molecule has 1 fully saturated rings. The first-order valence-corrected chi connectivity index (χ1v) is 7.86. The lowest BCUT2D eigenvalue weighted by molar-refractivity contribution is -0.143. The van der Waals surface area contributed by atoms with Crippen molar-refractivity contribution in [2.24, 2.45) is 4.99 Å². The Labute approximate surface area is 168 Å². The monoisotopic (exact) mass is 488 g/mol. The molecule has 1 aliphatic heterocycles. The molecule has 1 saturated heterocycles. The summed E-state index contributed by atoms with van der Waals surface area (Å²) in [5.74, 6) is 1.67. The maximum Gasteiger partial charge on any atom is 0.401 e. The fourth-order valence-electron chi connectivity index (χ4n) is 2.75. The van der Waals surface area contributed by atoms with Gasteiger partial charge in [-0.1, -0.05) is 0 Å². The lowest BCUT2D eigenvalue weighted by Crippen LogP contribution is -2.42. The minimum absolute atomic E-state index is 0. The van der Waals surface area contributed by atoms with E-state index in [1.165, 1.54) is 4.90 Å². The molecular weight excluding hydrogens is 464 g/mol. The van der Waals surface area contributed by atoms with Gasteiger partial charge < -0.3 is 20.1 Å². The van der Waals surface area contributed by atoms with Gasteiger partial charge in [-0.3, -0.25) is 9.89 Å². The summed E-state index contributed by atoms with van der Waals surface area (Å²) < 4.78 is 47.8. The molecule has 26 heavy (non-hydrogen) atoms. The van der Waals surface area contributed by atoms with Crippen LogP contribution in [0.3, 0.4) is 0 Å². The Morgan fingerprint density at radius 2 is 1.96 bits per heavy atom. The van der Waals surface area contributed by atoms with Crippen molar-refractivity contribution >= 4 is 35.6 Å². The van der Waals surface area contributed by atoms with Gasteiger partial charge in [0.1, 0.15) is 0 Å². The molecule has 1 unspecified atom stereocenters. The van der Waals surface area contributed by atoms with Gasteiger partial charge in [-0.25, -0.2) is 0 Å². The number of methoxy groups -OCH3 is 2. The van der Waals surface area contributed by atoms with Crippen LogP contribution in [-0.2, 0) is 0 Å². The van der Waals surface area contributed by atoms with Crippen molar-refractivity contribution in [2.45, 2.75) is 18.6 Å². The predicted octanol–water partition coefficient (Wildman–Crippen LogP) is 2.95. The van der Waals surface area contributed by atoms with Crippen LogP contribution in [0.5, 0.6) is 11.5 Å². The number of ether oxygens (including phenoxy) is 2. The molecule has 0 spiro atoms. The van der Waals surface area contributed by atoms with Crippen LogP contribution in [0.2, 0.25) is 0 Å². The smallest absolute Gasteiger partial charge is 0.401 e. The summed E-state index contributed by atoms with van der Waals surface area (Å²) in [7, 11) is 4.71. The van der Waals surface area contributed by atoms with Crippen molar-refractivity contribution in [1.82, 2.24) is 10.2 Å². The average Bonchev–Trinajstić information content (AvgIpc) is 2.98. The van der Waals surface area contributed by atoms with Crippen LogP contribution in [-0.4, -0.2) is 64.0 Å². The number of hydrogen-bond donors (Lipinski definition) is 2. The maximum atomic E-state index is 12.5. The van der Waals surface area contributed by atoms with Crippen LogP contribution in [0.1, 0.15) is 6.42 Å². The molecule has 2 rings (SSSR count). The second-order valence-electron chi connectivity index (χ2n) is 5.75. The number of likely N-dealkylation sites (tertiary alicyclic amines) is 1. The Balaban J connectivity index is 0.00000338. The molecule has 1 heterocycles. The number of hydrogen-bond acceptors (Lipinski definition) is 4. The third-order valence-corrected chi connectivity index (χ3v) is 3.89. The lowest BCUT2D eigenvalue weighted by atomic mass is 10.2. The van der Waals surface area contributed by atoms with Crippen molar-refractivity contribution in [2.75, 3.05) is 46.2 Å². The SMILES string of the molecule is CN=C(Nc1ccc(OC)c(OC)c1)NC1CCN(CC(F)(F)F)C1.I. The van der Waals surface area contributed by atoms with Crippen molar-refractivity contribution < 1.29 is 22.6 Å². The average molecular weight is 488 g/mol. The number of nitrogens with one attached hydrogen (secondary N) is 2. The number of alkyl halides is 3. The highest BCUT2D eigenvalue weighted by molar-refractivity contribution is 14.0. The summed E-state index contributed by atoms with van der Waals surface area (Å²) in [5, 5.41) is 6.26. The summed E-state index contributed by atoms with van der Waals surface area (Å²) in [5.41, 5.74) is 0.732. The molecule has 1 aromatic carbocycles. The van der Waals surface area contributed by atoms with Crippen LogP contribution in [0, 0.1) is 0 Å². The number of halogens is 4. The second-order valence-corrected chi connectivity index (χ2v) is 5.75. The number of aliphatic imine (C=N–C) groups is 1. The van der Waals surface area contributed by atoms with Gasteiger partial charge in [-0.2, -0.15) is 13.2 Å². The van der Waals surface area contributed by atoms with Crippen LogP contribution >= 0.6 is 24.0 Å². The molecule has 1 aliphatic rings. The van der Waals surface area contributed by atoms with Gasteiger partial charge in [0.25, 0.3) is 0 Å². The zero-order valence-electron chi connectivity index (χ0n) is 14.9. The molecule has 1 aromatic rings. The topological polar surface area (TPSA) is 58.1 Å². The van der Waals surface area contributed by atoms with E-state index in [0.29, 0.717) is 37.0 Å². The third-order valence-electron chi connectivity index (χ3n) is 3.89. The van der Waals surface area contributed by atoms with E-state index in [0.717, 1.165) is 5.69 Å². The predicted molar refractivity (Wildman–Crippen MR) is 106 cm³/mol. The molecule has 0 amide bonds. The van der Waals surface area contributed by atoms with Gasteiger partial charge in [-0.05, 0) is 18.6 Å². The molecule has 1 atom stereocenters. The standard InChI is InChI=1S/C16H23F3N4O2.HI/c1-20-15(21-11-4-5-13(24-2)14(8-11)25-3)22-12-6-7-23(9-12)10-16(17,18)19;/h4-5,8,12H,6-7,9-10H2,1-3H3,(H2,20,21,22);1H. The Kier molecular flexibility index (Phi) is 8.74. The number of rotatable bonds is 5. The van der Waals surface area contributed by atoms with E-state index < -0.39 is 12.7 Å². The van der Waals surface area contributed by atoms with E-state index in [9.17, 15) is 13.2 Å². The number of benzene rings is 1. The fraction of sp³-hybridized carbons (Fsp3) is 0.562. The molecule has 0 radical (unpaired) electrons. The first-order valence-electron chi connectivity index (χ1n) is 7.86. The Hall–Kier alpha value is -1.43. The van der Waals surface area contributed by atoms with Gasteiger partial charge in [-0.15, -0.1) is 24.0 Å². The van der Waals surface area contributed by atoms with Crippen LogP contribution in [0.4, 0.5) is 18.9 Å². The highest BCUT2D eigenvalue weighted by Gasteiger charge is 2.34. The molecule has 0 aromatic heterocycles. The third kappa shape index (κ3) is 6.71. The second kappa shape index (κ2) is 10.0. The van der Waals surface area contributed by atoms with Gasteiger partial charge in [0, 0.05) is 37.9 Å². The largest absolute Gasteiger partial charge is 0.493 e. The minimum atomic E-state index is -4.17. The molecule has 10 heteroatoms.